The average Bonchev–Trinajstić information content (AvgIpc) is 3.12. The third kappa shape index (κ3) is 2.41. The summed E-state index contributed by atoms with van der Waals surface area (Å²) in [6, 6.07) is 5.67. The van der Waals surface area contributed by atoms with E-state index in [4.69, 9.17) is 4.74 Å². The van der Waals surface area contributed by atoms with Crippen LogP contribution in [0.1, 0.15) is 23.3 Å². The molecule has 0 unspecified atom stereocenters. The first kappa shape index (κ1) is 12.1. The van der Waals surface area contributed by atoms with Crippen molar-refractivity contribution in [3.63, 3.8) is 0 Å². The van der Waals surface area contributed by atoms with Gasteiger partial charge in [-0.05, 0) is 30.4 Å². The lowest BCUT2D eigenvalue weighted by Gasteiger charge is -2.04. The van der Waals surface area contributed by atoms with Crippen LogP contribution in [-0.2, 0) is 17.9 Å². The SMILES string of the molecule is COCc1c(CNC2CC2)sc2cc(F)ccc12. The Bertz CT molecular complexity index is 562. The van der Waals surface area contributed by atoms with Gasteiger partial charge in [-0.15, -0.1) is 11.3 Å². The van der Waals surface area contributed by atoms with Gasteiger partial charge in [0.1, 0.15) is 5.82 Å². The van der Waals surface area contributed by atoms with Crippen LogP contribution in [0, 0.1) is 5.82 Å². The number of thiophene rings is 1. The third-order valence-electron chi connectivity index (χ3n) is 3.26. The maximum atomic E-state index is 13.2. The molecule has 0 amide bonds. The number of ether oxygens (including phenoxy) is 1. The standard InChI is InChI=1S/C14H16FNOS/c1-17-8-12-11-5-2-9(15)6-13(11)18-14(12)7-16-10-3-4-10/h2,5-6,10,16H,3-4,7-8H2,1H3. The number of benzene rings is 1. The molecule has 2 nitrogen and oxygen atoms in total. The molecule has 0 spiro atoms. The minimum Gasteiger partial charge on any atom is -0.380 e. The predicted molar refractivity (Wildman–Crippen MR) is 72.4 cm³/mol. The fourth-order valence-corrected chi connectivity index (χ4v) is 3.33. The van der Waals surface area contributed by atoms with Crippen molar-refractivity contribution >= 4 is 21.4 Å². The Morgan fingerprint density at radius 3 is 3.00 bits per heavy atom. The van der Waals surface area contributed by atoms with Gasteiger partial charge in [-0.1, -0.05) is 6.07 Å². The molecule has 1 aliphatic rings. The molecule has 18 heavy (non-hydrogen) atoms. The van der Waals surface area contributed by atoms with Gasteiger partial charge in [0.2, 0.25) is 0 Å². The number of fused-ring (bicyclic) bond motifs is 1. The molecule has 1 aromatic heterocycles. The van der Waals surface area contributed by atoms with Crippen LogP contribution in [-0.4, -0.2) is 13.2 Å². The van der Waals surface area contributed by atoms with E-state index in [1.807, 2.05) is 6.07 Å². The monoisotopic (exact) mass is 265 g/mol. The number of rotatable bonds is 5. The van der Waals surface area contributed by atoms with Crippen LogP contribution >= 0.6 is 11.3 Å². The molecule has 1 fully saturated rings. The molecule has 3 rings (SSSR count). The highest BCUT2D eigenvalue weighted by Gasteiger charge is 2.21. The summed E-state index contributed by atoms with van der Waals surface area (Å²) < 4.78 is 19.5. The number of hydrogen-bond acceptors (Lipinski definition) is 3. The summed E-state index contributed by atoms with van der Waals surface area (Å²) in [5.74, 6) is -0.172. The van der Waals surface area contributed by atoms with E-state index in [2.05, 4.69) is 5.32 Å². The quantitative estimate of drug-likeness (QED) is 0.894. The van der Waals surface area contributed by atoms with Crippen molar-refractivity contribution in [3.8, 4) is 0 Å². The van der Waals surface area contributed by atoms with Crippen molar-refractivity contribution in [3.05, 3.63) is 34.5 Å². The molecule has 0 atom stereocenters. The molecule has 0 saturated heterocycles. The summed E-state index contributed by atoms with van der Waals surface area (Å²) in [5, 5.41) is 4.63. The maximum Gasteiger partial charge on any atom is 0.124 e. The van der Waals surface area contributed by atoms with Gasteiger partial charge in [0.05, 0.1) is 6.61 Å². The lowest BCUT2D eigenvalue weighted by atomic mass is 10.1. The Morgan fingerprint density at radius 1 is 1.44 bits per heavy atom. The fourth-order valence-electron chi connectivity index (χ4n) is 2.14. The van der Waals surface area contributed by atoms with Crippen LogP contribution in [0.15, 0.2) is 18.2 Å². The zero-order valence-corrected chi connectivity index (χ0v) is 11.1. The lowest BCUT2D eigenvalue weighted by molar-refractivity contribution is 0.185. The van der Waals surface area contributed by atoms with Crippen LogP contribution in [0.3, 0.4) is 0 Å². The second-order valence-electron chi connectivity index (χ2n) is 4.73. The maximum absolute atomic E-state index is 13.2. The van der Waals surface area contributed by atoms with Gasteiger partial charge in [0, 0.05) is 34.8 Å². The highest BCUT2D eigenvalue weighted by atomic mass is 32.1. The molecule has 1 N–H and O–H groups in total. The molecule has 0 radical (unpaired) electrons. The Kier molecular flexibility index (Phi) is 3.33. The molecule has 1 aliphatic carbocycles. The van der Waals surface area contributed by atoms with E-state index >= 15 is 0 Å². The largest absolute Gasteiger partial charge is 0.380 e. The van der Waals surface area contributed by atoms with Gasteiger partial charge in [-0.25, -0.2) is 4.39 Å². The van der Waals surface area contributed by atoms with Crippen molar-refractivity contribution in [2.75, 3.05) is 7.11 Å². The fraction of sp³-hybridized carbons (Fsp3) is 0.429. The van der Waals surface area contributed by atoms with Crippen molar-refractivity contribution in [2.24, 2.45) is 0 Å². The number of hydrogen-bond donors (Lipinski definition) is 1. The summed E-state index contributed by atoms with van der Waals surface area (Å²) in [5.41, 5.74) is 1.20. The Balaban J connectivity index is 1.95. The van der Waals surface area contributed by atoms with Crippen LogP contribution in [0.25, 0.3) is 10.1 Å². The first-order valence-corrected chi connectivity index (χ1v) is 7.01. The van der Waals surface area contributed by atoms with Gasteiger partial charge in [0.15, 0.2) is 0 Å². The molecule has 0 aliphatic heterocycles. The van der Waals surface area contributed by atoms with Crippen LogP contribution < -0.4 is 5.32 Å². The van der Waals surface area contributed by atoms with E-state index in [1.54, 1.807) is 24.5 Å². The topological polar surface area (TPSA) is 21.3 Å². The molecule has 1 aromatic carbocycles. The van der Waals surface area contributed by atoms with Gasteiger partial charge >= 0.3 is 0 Å². The molecule has 96 valence electrons. The predicted octanol–water partition coefficient (Wildman–Crippen LogP) is 3.44. The minimum absolute atomic E-state index is 0.172. The van der Waals surface area contributed by atoms with Crippen molar-refractivity contribution in [2.45, 2.75) is 32.0 Å². The second-order valence-corrected chi connectivity index (χ2v) is 5.87. The summed E-state index contributed by atoms with van der Waals surface area (Å²) in [6.45, 7) is 1.46. The van der Waals surface area contributed by atoms with Crippen molar-refractivity contribution in [1.29, 1.82) is 0 Å². The molecule has 0 bridgehead atoms. The molecular weight excluding hydrogens is 249 g/mol. The molecule has 2 aromatic rings. The van der Waals surface area contributed by atoms with Gasteiger partial charge in [-0.2, -0.15) is 0 Å². The number of nitrogens with one attached hydrogen (secondary N) is 1. The minimum atomic E-state index is -0.172. The van der Waals surface area contributed by atoms with E-state index in [0.717, 1.165) is 16.6 Å². The van der Waals surface area contributed by atoms with E-state index < -0.39 is 0 Å². The van der Waals surface area contributed by atoms with E-state index in [1.165, 1.54) is 29.3 Å². The average molecular weight is 265 g/mol. The smallest absolute Gasteiger partial charge is 0.124 e. The lowest BCUT2D eigenvalue weighted by Crippen LogP contribution is -2.15. The van der Waals surface area contributed by atoms with Gasteiger partial charge < -0.3 is 10.1 Å². The van der Waals surface area contributed by atoms with E-state index in [9.17, 15) is 4.39 Å². The molecule has 1 heterocycles. The highest BCUT2D eigenvalue weighted by Crippen LogP contribution is 2.33. The zero-order valence-electron chi connectivity index (χ0n) is 10.3. The summed E-state index contributed by atoms with van der Waals surface area (Å²) in [7, 11) is 1.70. The van der Waals surface area contributed by atoms with E-state index in [0.29, 0.717) is 12.6 Å². The Hall–Kier alpha value is -0.970. The van der Waals surface area contributed by atoms with Crippen molar-refractivity contribution in [1.82, 2.24) is 5.32 Å². The highest BCUT2D eigenvalue weighted by molar-refractivity contribution is 7.19. The van der Waals surface area contributed by atoms with Gasteiger partial charge in [0.25, 0.3) is 0 Å². The second kappa shape index (κ2) is 4.96. The zero-order chi connectivity index (χ0) is 12.5. The van der Waals surface area contributed by atoms with Crippen molar-refractivity contribution < 1.29 is 9.13 Å². The third-order valence-corrected chi connectivity index (χ3v) is 4.45. The van der Waals surface area contributed by atoms with Crippen LogP contribution in [0.2, 0.25) is 0 Å². The first-order chi connectivity index (χ1) is 8.78. The summed E-state index contributed by atoms with van der Waals surface area (Å²) in [6.07, 6.45) is 2.55. The van der Waals surface area contributed by atoms with Crippen LogP contribution in [0.4, 0.5) is 4.39 Å². The summed E-state index contributed by atoms with van der Waals surface area (Å²) in [4.78, 5) is 1.27. The molecular formula is C14H16FNOS. The molecule has 1 saturated carbocycles. The Morgan fingerprint density at radius 2 is 2.28 bits per heavy atom. The normalized spacial score (nSPS) is 15.4. The number of halogens is 1. The number of methoxy groups -OCH3 is 1. The van der Waals surface area contributed by atoms with E-state index in [-0.39, 0.29) is 5.82 Å². The van der Waals surface area contributed by atoms with Gasteiger partial charge in [-0.3, -0.25) is 0 Å². The Labute approximate surface area is 110 Å². The first-order valence-electron chi connectivity index (χ1n) is 6.20. The molecule has 4 heteroatoms. The summed E-state index contributed by atoms with van der Waals surface area (Å²) >= 11 is 1.67. The van der Waals surface area contributed by atoms with Crippen LogP contribution in [0.5, 0.6) is 0 Å².